The predicted molar refractivity (Wildman–Crippen MR) is 80.8 cm³/mol. The van der Waals surface area contributed by atoms with Gasteiger partial charge in [0.05, 0.1) is 12.6 Å². The van der Waals surface area contributed by atoms with Gasteiger partial charge in [-0.15, -0.1) is 0 Å². The quantitative estimate of drug-likeness (QED) is 0.753. The molecule has 1 heterocycles. The summed E-state index contributed by atoms with van der Waals surface area (Å²) in [5.41, 5.74) is 1.90. The van der Waals surface area contributed by atoms with E-state index in [0.717, 1.165) is 17.8 Å². The Morgan fingerprint density at radius 3 is 2.60 bits per heavy atom. The van der Waals surface area contributed by atoms with Crippen LogP contribution in [0.25, 0.3) is 0 Å². The third-order valence-corrected chi connectivity index (χ3v) is 2.90. The predicted octanol–water partition coefficient (Wildman–Crippen LogP) is 2.36. The fraction of sp³-hybridized carbons (Fsp3) is 0.333. The van der Waals surface area contributed by atoms with Gasteiger partial charge in [-0.1, -0.05) is 30.3 Å². The number of aliphatic hydroxyl groups excluding tert-OH is 1. The van der Waals surface area contributed by atoms with Crippen molar-refractivity contribution in [2.45, 2.75) is 19.9 Å². The second kappa shape index (κ2) is 6.86. The maximum atomic E-state index is 9.56. The SMILES string of the molecule is CCNc1nc(C)cc(NC(CO)c2ccccc2)n1. The fourth-order valence-electron chi connectivity index (χ4n) is 1.98. The highest BCUT2D eigenvalue weighted by molar-refractivity contribution is 5.44. The fourth-order valence-corrected chi connectivity index (χ4v) is 1.98. The van der Waals surface area contributed by atoms with Crippen molar-refractivity contribution in [1.82, 2.24) is 9.97 Å². The Morgan fingerprint density at radius 1 is 1.20 bits per heavy atom. The number of anilines is 2. The van der Waals surface area contributed by atoms with Gasteiger partial charge in [-0.2, -0.15) is 4.98 Å². The molecule has 0 amide bonds. The number of rotatable bonds is 6. The Labute approximate surface area is 119 Å². The smallest absolute Gasteiger partial charge is 0.224 e. The molecule has 0 saturated carbocycles. The van der Waals surface area contributed by atoms with Crippen LogP contribution in [-0.4, -0.2) is 28.2 Å². The van der Waals surface area contributed by atoms with Crippen molar-refractivity contribution in [3.05, 3.63) is 47.7 Å². The minimum absolute atomic E-state index is 0.00357. The number of nitrogens with one attached hydrogen (secondary N) is 2. The first kappa shape index (κ1) is 14.3. The lowest BCUT2D eigenvalue weighted by molar-refractivity contribution is 0.276. The molecular weight excluding hydrogens is 252 g/mol. The largest absolute Gasteiger partial charge is 0.394 e. The first-order chi connectivity index (χ1) is 9.72. The molecule has 106 valence electrons. The lowest BCUT2D eigenvalue weighted by atomic mass is 10.1. The van der Waals surface area contributed by atoms with Crippen LogP contribution in [0.2, 0.25) is 0 Å². The van der Waals surface area contributed by atoms with Gasteiger partial charge in [0, 0.05) is 18.3 Å². The molecular formula is C15H20N4O. The number of aliphatic hydroxyl groups is 1. The molecule has 2 aromatic rings. The van der Waals surface area contributed by atoms with Gasteiger partial charge in [0.2, 0.25) is 5.95 Å². The van der Waals surface area contributed by atoms with Crippen molar-refractivity contribution in [2.24, 2.45) is 0 Å². The average molecular weight is 272 g/mol. The minimum Gasteiger partial charge on any atom is -0.394 e. The zero-order valence-electron chi connectivity index (χ0n) is 11.8. The molecule has 1 atom stereocenters. The normalized spacial score (nSPS) is 11.9. The van der Waals surface area contributed by atoms with Gasteiger partial charge >= 0.3 is 0 Å². The summed E-state index contributed by atoms with van der Waals surface area (Å²) >= 11 is 0. The minimum atomic E-state index is -0.181. The molecule has 0 spiro atoms. The third kappa shape index (κ3) is 3.68. The van der Waals surface area contributed by atoms with Crippen molar-refractivity contribution >= 4 is 11.8 Å². The summed E-state index contributed by atoms with van der Waals surface area (Å²) in [5.74, 6) is 1.30. The van der Waals surface area contributed by atoms with Crippen molar-refractivity contribution < 1.29 is 5.11 Å². The van der Waals surface area contributed by atoms with E-state index in [0.29, 0.717) is 11.8 Å². The molecule has 1 unspecified atom stereocenters. The third-order valence-electron chi connectivity index (χ3n) is 2.90. The Hall–Kier alpha value is -2.14. The lowest BCUT2D eigenvalue weighted by Crippen LogP contribution is -2.16. The van der Waals surface area contributed by atoms with Gasteiger partial charge in [-0.3, -0.25) is 0 Å². The Morgan fingerprint density at radius 2 is 1.95 bits per heavy atom. The van der Waals surface area contributed by atoms with Crippen molar-refractivity contribution in [2.75, 3.05) is 23.8 Å². The first-order valence-electron chi connectivity index (χ1n) is 6.74. The van der Waals surface area contributed by atoms with Crippen molar-refractivity contribution in [3.63, 3.8) is 0 Å². The Bertz CT molecular complexity index is 545. The zero-order chi connectivity index (χ0) is 14.4. The summed E-state index contributed by atoms with van der Waals surface area (Å²) in [7, 11) is 0. The highest BCUT2D eigenvalue weighted by Crippen LogP contribution is 2.19. The van der Waals surface area contributed by atoms with Crippen LogP contribution in [0.3, 0.4) is 0 Å². The maximum Gasteiger partial charge on any atom is 0.224 e. The summed E-state index contributed by atoms with van der Waals surface area (Å²) in [5, 5.41) is 15.9. The Kier molecular flexibility index (Phi) is 4.90. The van der Waals surface area contributed by atoms with Crippen LogP contribution < -0.4 is 10.6 Å². The van der Waals surface area contributed by atoms with Gasteiger partial charge in [0.25, 0.3) is 0 Å². The van der Waals surface area contributed by atoms with Crippen LogP contribution >= 0.6 is 0 Å². The number of hydrogen-bond acceptors (Lipinski definition) is 5. The van der Waals surface area contributed by atoms with E-state index < -0.39 is 0 Å². The molecule has 0 aliphatic rings. The van der Waals surface area contributed by atoms with Crippen LogP contribution in [0, 0.1) is 6.92 Å². The molecule has 2 rings (SSSR count). The monoisotopic (exact) mass is 272 g/mol. The molecule has 1 aromatic carbocycles. The Balaban J connectivity index is 2.19. The molecule has 0 radical (unpaired) electrons. The van der Waals surface area contributed by atoms with E-state index in [4.69, 9.17) is 0 Å². The molecule has 3 N–H and O–H groups in total. The van der Waals surface area contributed by atoms with E-state index >= 15 is 0 Å². The van der Waals surface area contributed by atoms with Gasteiger partial charge in [0.15, 0.2) is 0 Å². The van der Waals surface area contributed by atoms with Crippen molar-refractivity contribution in [1.29, 1.82) is 0 Å². The van der Waals surface area contributed by atoms with Gasteiger partial charge in [-0.25, -0.2) is 4.98 Å². The summed E-state index contributed by atoms with van der Waals surface area (Å²) < 4.78 is 0. The van der Waals surface area contributed by atoms with E-state index in [-0.39, 0.29) is 12.6 Å². The van der Waals surface area contributed by atoms with Crippen molar-refractivity contribution in [3.8, 4) is 0 Å². The van der Waals surface area contributed by atoms with E-state index in [1.807, 2.05) is 50.2 Å². The molecule has 5 nitrogen and oxygen atoms in total. The molecule has 0 bridgehead atoms. The summed E-state index contributed by atoms with van der Waals surface area (Å²) in [4.78, 5) is 8.70. The highest BCUT2D eigenvalue weighted by atomic mass is 16.3. The lowest BCUT2D eigenvalue weighted by Gasteiger charge is -2.18. The van der Waals surface area contributed by atoms with Gasteiger partial charge in [-0.05, 0) is 19.4 Å². The van der Waals surface area contributed by atoms with Gasteiger partial charge < -0.3 is 15.7 Å². The topological polar surface area (TPSA) is 70.1 Å². The average Bonchev–Trinajstić information content (AvgIpc) is 2.45. The summed E-state index contributed by atoms with van der Waals surface area (Å²) in [6.07, 6.45) is 0. The zero-order valence-corrected chi connectivity index (χ0v) is 11.8. The number of nitrogens with zero attached hydrogens (tertiary/aromatic N) is 2. The van der Waals surface area contributed by atoms with E-state index in [2.05, 4.69) is 20.6 Å². The first-order valence-corrected chi connectivity index (χ1v) is 6.74. The van der Waals surface area contributed by atoms with E-state index in [1.54, 1.807) is 0 Å². The van der Waals surface area contributed by atoms with Crippen LogP contribution in [0.1, 0.15) is 24.2 Å². The van der Waals surface area contributed by atoms with Crippen LogP contribution in [-0.2, 0) is 0 Å². The summed E-state index contributed by atoms with van der Waals surface area (Å²) in [6, 6.07) is 11.5. The summed E-state index contributed by atoms with van der Waals surface area (Å²) in [6.45, 7) is 4.69. The second-order valence-corrected chi connectivity index (χ2v) is 4.54. The molecule has 5 heteroatoms. The van der Waals surface area contributed by atoms with E-state index in [9.17, 15) is 5.11 Å². The number of hydrogen-bond donors (Lipinski definition) is 3. The highest BCUT2D eigenvalue weighted by Gasteiger charge is 2.11. The molecule has 1 aromatic heterocycles. The maximum absolute atomic E-state index is 9.56. The number of benzene rings is 1. The van der Waals surface area contributed by atoms with E-state index in [1.165, 1.54) is 0 Å². The number of aryl methyl sites for hydroxylation is 1. The molecule has 0 aliphatic carbocycles. The molecule has 0 aliphatic heterocycles. The standard InChI is InChI=1S/C15H20N4O/c1-3-16-15-17-11(2)9-14(19-15)18-13(10-20)12-7-5-4-6-8-12/h4-9,13,20H,3,10H2,1-2H3,(H2,16,17,18,19). The molecule has 0 saturated heterocycles. The molecule has 20 heavy (non-hydrogen) atoms. The second-order valence-electron chi connectivity index (χ2n) is 4.54. The van der Waals surface area contributed by atoms with Crippen LogP contribution in [0.4, 0.5) is 11.8 Å². The van der Waals surface area contributed by atoms with Crippen LogP contribution in [0.5, 0.6) is 0 Å². The number of aromatic nitrogens is 2. The van der Waals surface area contributed by atoms with Crippen LogP contribution in [0.15, 0.2) is 36.4 Å². The van der Waals surface area contributed by atoms with Gasteiger partial charge in [0.1, 0.15) is 5.82 Å². The molecule has 0 fully saturated rings.